The molecule has 2 aromatic carbocycles. The maximum atomic E-state index is 12.2. The van der Waals surface area contributed by atoms with Crippen LogP contribution in [0.5, 0.6) is 17.2 Å². The van der Waals surface area contributed by atoms with Crippen LogP contribution >= 0.6 is 12.2 Å². The first kappa shape index (κ1) is 21.0. The predicted molar refractivity (Wildman–Crippen MR) is 108 cm³/mol. The summed E-state index contributed by atoms with van der Waals surface area (Å²) in [6, 6.07) is 11.4. The second kappa shape index (κ2) is 10.1. The maximum Gasteiger partial charge on any atom is 0.269 e. The van der Waals surface area contributed by atoms with Crippen molar-refractivity contribution in [1.29, 1.82) is 0 Å². The van der Waals surface area contributed by atoms with Gasteiger partial charge in [-0.1, -0.05) is 6.07 Å². The molecule has 0 saturated carbocycles. The van der Waals surface area contributed by atoms with E-state index in [2.05, 4.69) is 16.2 Å². The number of carbonyl (C=O) groups is 2. The van der Waals surface area contributed by atoms with Gasteiger partial charge in [0, 0.05) is 11.1 Å². The molecule has 0 heterocycles. The van der Waals surface area contributed by atoms with Gasteiger partial charge in [-0.25, -0.2) is 0 Å². The summed E-state index contributed by atoms with van der Waals surface area (Å²) in [6.07, 6.45) is 0. The number of hydrogen-bond donors (Lipinski definition) is 3. The lowest BCUT2D eigenvalue weighted by molar-refractivity contribution is 0.0934. The molecule has 0 aliphatic heterocycles. The number of hydrazine groups is 1. The summed E-state index contributed by atoms with van der Waals surface area (Å²) in [5.74, 6) is 0.607. The molecule has 0 bridgehead atoms. The van der Waals surface area contributed by atoms with E-state index in [0.29, 0.717) is 35.0 Å². The third-order valence-electron chi connectivity index (χ3n) is 3.57. The van der Waals surface area contributed by atoms with E-state index >= 15 is 0 Å². The van der Waals surface area contributed by atoms with Crippen molar-refractivity contribution in [1.82, 2.24) is 16.2 Å². The van der Waals surface area contributed by atoms with Gasteiger partial charge in [0.25, 0.3) is 11.8 Å². The summed E-state index contributed by atoms with van der Waals surface area (Å²) in [7, 11) is 2.98. The van der Waals surface area contributed by atoms with E-state index in [0.717, 1.165) is 0 Å². The molecule has 8 nitrogen and oxygen atoms in total. The van der Waals surface area contributed by atoms with Crippen molar-refractivity contribution in [2.45, 2.75) is 6.92 Å². The van der Waals surface area contributed by atoms with E-state index in [4.69, 9.17) is 26.4 Å². The molecule has 0 atom stereocenters. The van der Waals surface area contributed by atoms with Crippen LogP contribution < -0.4 is 30.4 Å². The zero-order chi connectivity index (χ0) is 20.5. The number of thiocarbonyl (C=S) groups is 1. The number of carbonyl (C=O) groups excluding carboxylic acids is 2. The number of ether oxygens (including phenoxy) is 3. The van der Waals surface area contributed by atoms with Crippen molar-refractivity contribution in [2.75, 3.05) is 20.8 Å². The highest BCUT2D eigenvalue weighted by atomic mass is 32.1. The summed E-state index contributed by atoms with van der Waals surface area (Å²) in [6.45, 7) is 2.35. The summed E-state index contributed by atoms with van der Waals surface area (Å²) < 4.78 is 15.7. The van der Waals surface area contributed by atoms with Gasteiger partial charge in [-0.15, -0.1) is 0 Å². The standard InChI is InChI=1S/C19H21N3O5S/c1-4-27-14-7-5-6-12(10-14)17(23)20-19(28)22-21-18(24)13-8-9-15(25-2)16(11-13)26-3/h5-11H,4H2,1-3H3,(H,21,24)(H2,20,22,23,28). The van der Waals surface area contributed by atoms with Crippen LogP contribution in [0.15, 0.2) is 42.5 Å². The molecule has 0 aliphatic rings. The van der Waals surface area contributed by atoms with Crippen molar-refractivity contribution in [2.24, 2.45) is 0 Å². The van der Waals surface area contributed by atoms with E-state index < -0.39 is 11.8 Å². The summed E-state index contributed by atoms with van der Waals surface area (Å²) >= 11 is 5.04. The molecule has 2 amide bonds. The lowest BCUT2D eigenvalue weighted by Crippen LogP contribution is -2.48. The van der Waals surface area contributed by atoms with Crippen LogP contribution in [0.3, 0.4) is 0 Å². The largest absolute Gasteiger partial charge is 0.494 e. The minimum absolute atomic E-state index is 0.0550. The van der Waals surface area contributed by atoms with Crippen LogP contribution in [-0.2, 0) is 0 Å². The van der Waals surface area contributed by atoms with Gasteiger partial charge in [-0.2, -0.15) is 0 Å². The summed E-state index contributed by atoms with van der Waals surface area (Å²) in [5.41, 5.74) is 5.59. The van der Waals surface area contributed by atoms with Crippen LogP contribution in [0.25, 0.3) is 0 Å². The molecule has 3 N–H and O–H groups in total. The van der Waals surface area contributed by atoms with E-state index in [-0.39, 0.29) is 5.11 Å². The van der Waals surface area contributed by atoms with Crippen LogP contribution in [-0.4, -0.2) is 37.8 Å². The Morgan fingerprint density at radius 2 is 1.64 bits per heavy atom. The van der Waals surface area contributed by atoms with E-state index in [1.165, 1.54) is 20.3 Å². The zero-order valence-electron chi connectivity index (χ0n) is 15.7. The minimum Gasteiger partial charge on any atom is -0.494 e. The average Bonchev–Trinajstić information content (AvgIpc) is 2.71. The quantitative estimate of drug-likeness (QED) is 0.502. The molecular formula is C19H21N3O5S. The van der Waals surface area contributed by atoms with Gasteiger partial charge in [0.2, 0.25) is 0 Å². The Balaban J connectivity index is 1.92. The van der Waals surface area contributed by atoms with Crippen molar-refractivity contribution in [3.05, 3.63) is 53.6 Å². The molecule has 0 spiro atoms. The molecule has 0 saturated heterocycles. The predicted octanol–water partition coefficient (Wildman–Crippen LogP) is 2.05. The Bertz CT molecular complexity index is 872. The Morgan fingerprint density at radius 3 is 2.32 bits per heavy atom. The SMILES string of the molecule is CCOc1cccc(C(=O)NC(=S)NNC(=O)c2ccc(OC)c(OC)c2)c1. The molecule has 9 heteroatoms. The van der Waals surface area contributed by atoms with E-state index in [1.807, 2.05) is 6.92 Å². The number of rotatable bonds is 6. The van der Waals surface area contributed by atoms with Gasteiger partial charge in [0.1, 0.15) is 5.75 Å². The molecule has 0 unspecified atom stereocenters. The molecule has 0 fully saturated rings. The van der Waals surface area contributed by atoms with Crippen LogP contribution in [0.4, 0.5) is 0 Å². The number of benzene rings is 2. The lowest BCUT2D eigenvalue weighted by Gasteiger charge is -2.12. The van der Waals surface area contributed by atoms with Crippen molar-refractivity contribution in [3.63, 3.8) is 0 Å². The Morgan fingerprint density at radius 1 is 0.929 bits per heavy atom. The number of hydrogen-bond acceptors (Lipinski definition) is 6. The number of nitrogens with one attached hydrogen (secondary N) is 3. The third kappa shape index (κ3) is 5.58. The highest BCUT2D eigenvalue weighted by Gasteiger charge is 2.12. The molecule has 28 heavy (non-hydrogen) atoms. The number of methoxy groups -OCH3 is 2. The fourth-order valence-electron chi connectivity index (χ4n) is 2.26. The average molecular weight is 403 g/mol. The smallest absolute Gasteiger partial charge is 0.269 e. The highest BCUT2D eigenvalue weighted by molar-refractivity contribution is 7.80. The first-order valence-electron chi connectivity index (χ1n) is 8.35. The zero-order valence-corrected chi connectivity index (χ0v) is 16.5. The molecule has 148 valence electrons. The minimum atomic E-state index is -0.462. The van der Waals surface area contributed by atoms with Gasteiger partial charge in [0.15, 0.2) is 16.6 Å². The van der Waals surface area contributed by atoms with Gasteiger partial charge in [-0.05, 0) is 55.5 Å². The molecule has 0 radical (unpaired) electrons. The first-order valence-corrected chi connectivity index (χ1v) is 8.75. The van der Waals surface area contributed by atoms with Gasteiger partial charge < -0.3 is 14.2 Å². The first-order chi connectivity index (χ1) is 13.5. The lowest BCUT2D eigenvalue weighted by atomic mass is 10.2. The van der Waals surface area contributed by atoms with Gasteiger partial charge in [0.05, 0.1) is 20.8 Å². The molecular weight excluding hydrogens is 382 g/mol. The van der Waals surface area contributed by atoms with E-state index in [9.17, 15) is 9.59 Å². The number of amides is 2. The topological polar surface area (TPSA) is 97.9 Å². The molecule has 0 aromatic heterocycles. The fourth-order valence-corrected chi connectivity index (χ4v) is 2.41. The maximum absolute atomic E-state index is 12.2. The van der Waals surface area contributed by atoms with Crippen molar-refractivity contribution >= 4 is 29.1 Å². The fraction of sp³-hybridized carbons (Fsp3) is 0.211. The van der Waals surface area contributed by atoms with Crippen molar-refractivity contribution < 1.29 is 23.8 Å². The molecule has 2 aromatic rings. The van der Waals surface area contributed by atoms with Gasteiger partial charge in [-0.3, -0.25) is 25.8 Å². The van der Waals surface area contributed by atoms with Crippen LogP contribution in [0.1, 0.15) is 27.6 Å². The Hall–Kier alpha value is -3.33. The summed E-state index contributed by atoms with van der Waals surface area (Å²) in [5, 5.41) is 2.42. The monoisotopic (exact) mass is 403 g/mol. The van der Waals surface area contributed by atoms with Crippen LogP contribution in [0, 0.1) is 0 Å². The Kier molecular flexibility index (Phi) is 7.58. The second-order valence-corrected chi connectivity index (χ2v) is 5.80. The normalized spacial score (nSPS) is 9.82. The van der Waals surface area contributed by atoms with Crippen LogP contribution in [0.2, 0.25) is 0 Å². The molecule has 2 rings (SSSR count). The van der Waals surface area contributed by atoms with E-state index in [1.54, 1.807) is 36.4 Å². The highest BCUT2D eigenvalue weighted by Crippen LogP contribution is 2.27. The molecule has 0 aliphatic carbocycles. The summed E-state index contributed by atoms with van der Waals surface area (Å²) in [4.78, 5) is 24.5. The third-order valence-corrected chi connectivity index (χ3v) is 3.77. The van der Waals surface area contributed by atoms with Crippen molar-refractivity contribution in [3.8, 4) is 17.2 Å². The Labute approximate surface area is 168 Å². The second-order valence-electron chi connectivity index (χ2n) is 5.39. The van der Waals surface area contributed by atoms with Gasteiger partial charge >= 0.3 is 0 Å².